The zero-order valence-corrected chi connectivity index (χ0v) is 24.3. The summed E-state index contributed by atoms with van der Waals surface area (Å²) in [6.07, 6.45) is 0. The lowest BCUT2D eigenvalue weighted by molar-refractivity contribution is 0.460. The number of hydrogen-bond donors (Lipinski definition) is 0. The van der Waals surface area contributed by atoms with Gasteiger partial charge in [-0.2, -0.15) is 0 Å². The van der Waals surface area contributed by atoms with Crippen LogP contribution in [0.2, 0.25) is 0 Å². The fourth-order valence-corrected chi connectivity index (χ4v) is 9.97. The van der Waals surface area contributed by atoms with E-state index >= 15 is 0 Å². The molecule has 0 aromatic heterocycles. The van der Waals surface area contributed by atoms with Gasteiger partial charge in [0, 0.05) is 21.3 Å². The summed E-state index contributed by atoms with van der Waals surface area (Å²) in [4.78, 5) is 0. The first kappa shape index (κ1) is 27.2. The minimum absolute atomic E-state index is 0.282. The average molecular weight is 531 g/mol. The first-order valence-corrected chi connectivity index (χ1v) is 15.9. The molecule has 1 unspecified atom stereocenters. The minimum atomic E-state index is -2.92. The van der Waals surface area contributed by atoms with Crippen LogP contribution in [0.15, 0.2) is 109 Å². The van der Waals surface area contributed by atoms with Crippen molar-refractivity contribution in [3.63, 3.8) is 0 Å². The van der Waals surface area contributed by atoms with Crippen LogP contribution in [0.1, 0.15) is 41.5 Å². The molecule has 0 radical (unpaired) electrons. The van der Waals surface area contributed by atoms with Crippen LogP contribution in [0.25, 0.3) is 11.1 Å². The third-order valence-corrected chi connectivity index (χ3v) is 13.9. The molecule has 192 valence electrons. The van der Waals surface area contributed by atoms with Gasteiger partial charge in [-0.25, -0.2) is 0 Å². The first-order valence-electron chi connectivity index (χ1n) is 12.6. The normalized spacial score (nSPS) is 16.9. The molecule has 4 aromatic carbocycles. The number of rotatable bonds is 2. The maximum absolute atomic E-state index is 13.6. The molecule has 5 heteroatoms. The fourth-order valence-electron chi connectivity index (χ4n) is 4.61. The van der Waals surface area contributed by atoms with E-state index in [0.29, 0.717) is 0 Å². The van der Waals surface area contributed by atoms with Crippen LogP contribution < -0.4 is 20.4 Å². The molecule has 4 aromatic rings. The third-order valence-electron chi connectivity index (χ3n) is 6.69. The molecule has 5 rings (SSSR count). The van der Waals surface area contributed by atoms with E-state index < -0.39 is 19.7 Å². The van der Waals surface area contributed by atoms with Crippen LogP contribution in [0.3, 0.4) is 0 Å². The van der Waals surface area contributed by atoms with Crippen LogP contribution in [0.5, 0.6) is 5.75 Å². The number of benzene rings is 4. The van der Waals surface area contributed by atoms with Crippen LogP contribution in [-0.4, -0.2) is 10.3 Å². The van der Waals surface area contributed by atoms with Gasteiger partial charge in [-0.15, -0.1) is 0 Å². The van der Waals surface area contributed by atoms with Crippen molar-refractivity contribution in [3.05, 3.63) is 109 Å². The average Bonchev–Trinajstić information content (AvgIpc) is 2.88. The zero-order chi connectivity index (χ0) is 26.9. The maximum Gasteiger partial charge on any atom is 0.283 e. The Balaban J connectivity index is 0.000000173. The van der Waals surface area contributed by atoms with Gasteiger partial charge in [-0.3, -0.25) is 4.57 Å². The van der Waals surface area contributed by atoms with Crippen LogP contribution >= 0.6 is 14.5 Å². The highest BCUT2D eigenvalue weighted by Crippen LogP contribution is 2.62. The second-order valence-corrected chi connectivity index (χ2v) is 18.0. The molecule has 0 aliphatic carbocycles. The van der Waals surface area contributed by atoms with Crippen molar-refractivity contribution < 1.29 is 13.7 Å². The standard InChI is InChI=1S/C16H17O2P.C16H19OP/c1-16(2,3)19(17)15-11-7-5-9-13(15)12-8-4-6-10-14(12)18-19;1-16(2,3)18(17,14-10-6-4-7-11-14)15-12-8-5-9-13-15/h4-11H,1-3H3;4-13H,1-3H3. The van der Waals surface area contributed by atoms with E-state index in [2.05, 4.69) is 0 Å². The fraction of sp³-hybridized carbons (Fsp3) is 0.250. The summed E-state index contributed by atoms with van der Waals surface area (Å²) in [5, 5.41) is 2.00. The summed E-state index contributed by atoms with van der Waals surface area (Å²) in [5.74, 6) is 0.722. The molecule has 0 saturated carbocycles. The summed E-state index contributed by atoms with van der Waals surface area (Å²) in [6.45, 7) is 12.1. The van der Waals surface area contributed by atoms with Gasteiger partial charge in [0.15, 0.2) is 0 Å². The molecule has 1 aliphatic rings. The molecule has 1 aliphatic heterocycles. The Labute approximate surface area is 221 Å². The Kier molecular flexibility index (Phi) is 7.44. The molecule has 0 amide bonds. The van der Waals surface area contributed by atoms with Crippen molar-refractivity contribution >= 4 is 30.4 Å². The van der Waals surface area contributed by atoms with Gasteiger partial charge in [0.25, 0.3) is 7.37 Å². The third kappa shape index (κ3) is 5.00. The van der Waals surface area contributed by atoms with Crippen LogP contribution in [-0.2, 0) is 9.13 Å². The second kappa shape index (κ2) is 10.1. The number of fused-ring (bicyclic) bond motifs is 3. The topological polar surface area (TPSA) is 43.4 Å². The maximum atomic E-state index is 13.6. The molecule has 0 saturated heterocycles. The molecule has 0 spiro atoms. The van der Waals surface area contributed by atoms with E-state index in [1.807, 2.05) is 151 Å². The van der Waals surface area contributed by atoms with Gasteiger partial charge in [0.2, 0.25) is 0 Å². The quantitative estimate of drug-likeness (QED) is 0.245. The van der Waals surface area contributed by atoms with E-state index in [1.54, 1.807) is 0 Å². The van der Waals surface area contributed by atoms with Gasteiger partial charge in [-0.1, -0.05) is 118 Å². The molecule has 0 fully saturated rings. The Morgan fingerprint density at radius 2 is 1.03 bits per heavy atom. The van der Waals surface area contributed by atoms with Gasteiger partial charge < -0.3 is 9.09 Å². The highest BCUT2D eigenvalue weighted by atomic mass is 31.2. The molecular weight excluding hydrogens is 494 g/mol. The molecule has 0 N–H and O–H groups in total. The van der Waals surface area contributed by atoms with E-state index in [4.69, 9.17) is 4.52 Å². The minimum Gasteiger partial charge on any atom is -0.439 e. The highest BCUT2D eigenvalue weighted by Gasteiger charge is 2.45. The number of para-hydroxylation sites is 1. The Hall–Kier alpha value is -2.86. The lowest BCUT2D eigenvalue weighted by atomic mass is 10.0. The van der Waals surface area contributed by atoms with Gasteiger partial charge in [0.05, 0.1) is 10.5 Å². The molecule has 1 heterocycles. The van der Waals surface area contributed by atoms with Crippen LogP contribution in [0.4, 0.5) is 0 Å². The lowest BCUT2D eigenvalue weighted by Gasteiger charge is -2.36. The molecule has 37 heavy (non-hydrogen) atoms. The lowest BCUT2D eigenvalue weighted by Crippen LogP contribution is -2.30. The summed E-state index contributed by atoms with van der Waals surface area (Å²) in [7, 11) is -5.53. The Morgan fingerprint density at radius 3 is 1.51 bits per heavy atom. The van der Waals surface area contributed by atoms with Gasteiger partial charge in [0.1, 0.15) is 12.9 Å². The number of hydrogen-bond acceptors (Lipinski definition) is 3. The highest BCUT2D eigenvalue weighted by molar-refractivity contribution is 7.80. The van der Waals surface area contributed by atoms with Gasteiger partial charge >= 0.3 is 0 Å². The SMILES string of the molecule is CC(C)(C)P(=O)(c1ccccc1)c1ccccc1.CC(C)(C)P1(=O)Oc2ccccc2-c2ccccc21. The first-order chi connectivity index (χ1) is 17.4. The van der Waals surface area contributed by atoms with Crippen molar-refractivity contribution in [3.8, 4) is 16.9 Å². The van der Waals surface area contributed by atoms with E-state index in [-0.39, 0.29) is 5.16 Å². The predicted octanol–water partition coefficient (Wildman–Crippen LogP) is 8.25. The largest absolute Gasteiger partial charge is 0.439 e. The van der Waals surface area contributed by atoms with Crippen molar-refractivity contribution in [2.75, 3.05) is 0 Å². The summed E-state index contributed by atoms with van der Waals surface area (Å²) in [5.41, 5.74) is 2.05. The molecule has 3 nitrogen and oxygen atoms in total. The van der Waals surface area contributed by atoms with Crippen molar-refractivity contribution in [2.45, 2.75) is 51.9 Å². The summed E-state index contributed by atoms with van der Waals surface area (Å²) < 4.78 is 33.0. The molecular formula is C32H36O3P2. The van der Waals surface area contributed by atoms with Crippen molar-refractivity contribution in [2.24, 2.45) is 0 Å². The van der Waals surface area contributed by atoms with Gasteiger partial charge in [-0.05, 0) is 38.5 Å². The van der Waals surface area contributed by atoms with E-state index in [1.165, 1.54) is 0 Å². The summed E-state index contributed by atoms with van der Waals surface area (Å²) in [6, 6.07) is 35.3. The van der Waals surface area contributed by atoms with Crippen LogP contribution in [0, 0.1) is 0 Å². The van der Waals surface area contributed by atoms with Crippen molar-refractivity contribution in [1.29, 1.82) is 0 Å². The van der Waals surface area contributed by atoms with Crippen molar-refractivity contribution in [1.82, 2.24) is 0 Å². The monoisotopic (exact) mass is 530 g/mol. The molecule has 1 atom stereocenters. The predicted molar refractivity (Wildman–Crippen MR) is 159 cm³/mol. The zero-order valence-electron chi connectivity index (χ0n) is 22.5. The smallest absolute Gasteiger partial charge is 0.283 e. The summed E-state index contributed by atoms with van der Waals surface area (Å²) >= 11 is 0. The van der Waals surface area contributed by atoms with E-state index in [9.17, 15) is 9.13 Å². The Bertz CT molecular complexity index is 1420. The van der Waals surface area contributed by atoms with E-state index in [0.717, 1.165) is 32.8 Å². The molecule has 0 bridgehead atoms. The Morgan fingerprint density at radius 1 is 0.595 bits per heavy atom. The second-order valence-electron chi connectivity index (χ2n) is 11.3.